The molecule has 0 radical (unpaired) electrons. The maximum atomic E-state index is 11.9. The standard InChI is InChI=1S/C10H12ClFN4O3/c11-7-4-6(10(17)14-3-1-2-12)5-8(16(18)19)9(7)15-13/h4-5,15H,1-3,13H2,(H,14,17). The van der Waals surface area contributed by atoms with Crippen LogP contribution in [-0.2, 0) is 0 Å². The first kappa shape index (κ1) is 15.1. The zero-order valence-corrected chi connectivity index (χ0v) is 10.5. The largest absolute Gasteiger partial charge is 0.352 e. The maximum Gasteiger partial charge on any atom is 0.295 e. The Morgan fingerprint density at radius 2 is 2.21 bits per heavy atom. The van der Waals surface area contributed by atoms with Gasteiger partial charge < -0.3 is 10.7 Å². The lowest BCUT2D eigenvalue weighted by Crippen LogP contribution is -2.25. The number of nitrogens with zero attached hydrogens (tertiary/aromatic N) is 1. The normalized spacial score (nSPS) is 10.1. The maximum absolute atomic E-state index is 11.9. The average molecular weight is 291 g/mol. The number of nitrogens with two attached hydrogens (primary N) is 1. The molecule has 0 unspecified atom stereocenters. The summed E-state index contributed by atoms with van der Waals surface area (Å²) in [5, 5.41) is 13.2. The Bertz CT molecular complexity index is 498. The molecule has 0 heterocycles. The zero-order chi connectivity index (χ0) is 14.4. The van der Waals surface area contributed by atoms with E-state index in [2.05, 4.69) is 10.7 Å². The molecule has 0 saturated carbocycles. The second-order valence-electron chi connectivity index (χ2n) is 3.55. The van der Waals surface area contributed by atoms with E-state index in [9.17, 15) is 19.3 Å². The topological polar surface area (TPSA) is 110 Å². The predicted molar refractivity (Wildman–Crippen MR) is 68.8 cm³/mol. The number of alkyl halides is 1. The van der Waals surface area contributed by atoms with Gasteiger partial charge in [-0.2, -0.15) is 0 Å². The van der Waals surface area contributed by atoms with Crippen molar-refractivity contribution in [1.29, 1.82) is 0 Å². The van der Waals surface area contributed by atoms with Crippen molar-refractivity contribution in [2.24, 2.45) is 5.84 Å². The van der Waals surface area contributed by atoms with Gasteiger partial charge in [-0.1, -0.05) is 11.6 Å². The number of nitro benzene ring substituents is 1. The van der Waals surface area contributed by atoms with E-state index in [0.717, 1.165) is 6.07 Å². The smallest absolute Gasteiger partial charge is 0.295 e. The summed E-state index contributed by atoms with van der Waals surface area (Å²) in [5.74, 6) is 4.56. The summed E-state index contributed by atoms with van der Waals surface area (Å²) >= 11 is 5.80. The molecule has 0 atom stereocenters. The van der Waals surface area contributed by atoms with Crippen molar-refractivity contribution in [1.82, 2.24) is 5.32 Å². The minimum absolute atomic E-state index is 0.00885. The van der Waals surface area contributed by atoms with Gasteiger partial charge in [-0.15, -0.1) is 0 Å². The van der Waals surface area contributed by atoms with E-state index >= 15 is 0 Å². The molecule has 0 aliphatic rings. The van der Waals surface area contributed by atoms with Crippen LogP contribution in [0.5, 0.6) is 0 Å². The Morgan fingerprint density at radius 1 is 1.53 bits per heavy atom. The van der Waals surface area contributed by atoms with Crippen LogP contribution in [-0.4, -0.2) is 24.0 Å². The molecule has 4 N–H and O–H groups in total. The molecular weight excluding hydrogens is 279 g/mol. The Morgan fingerprint density at radius 3 is 2.74 bits per heavy atom. The number of hydrogen-bond donors (Lipinski definition) is 3. The fourth-order valence-electron chi connectivity index (χ4n) is 1.38. The van der Waals surface area contributed by atoms with Crippen LogP contribution in [0, 0.1) is 10.1 Å². The van der Waals surface area contributed by atoms with E-state index in [1.165, 1.54) is 6.07 Å². The lowest BCUT2D eigenvalue weighted by Gasteiger charge is -2.08. The molecule has 19 heavy (non-hydrogen) atoms. The van der Waals surface area contributed by atoms with Crippen LogP contribution in [0.25, 0.3) is 0 Å². The number of anilines is 1. The molecule has 0 aromatic heterocycles. The third kappa shape index (κ3) is 3.76. The lowest BCUT2D eigenvalue weighted by molar-refractivity contribution is -0.384. The molecular formula is C10H12ClFN4O3. The molecule has 0 fully saturated rings. The van der Waals surface area contributed by atoms with Crippen LogP contribution >= 0.6 is 11.6 Å². The molecule has 1 aromatic carbocycles. The van der Waals surface area contributed by atoms with Crippen LogP contribution in [0.1, 0.15) is 16.8 Å². The second kappa shape index (κ2) is 6.86. The number of hydrazine groups is 1. The van der Waals surface area contributed by atoms with E-state index in [1.807, 2.05) is 0 Å². The van der Waals surface area contributed by atoms with Crippen LogP contribution in [0.2, 0.25) is 5.02 Å². The van der Waals surface area contributed by atoms with Crippen LogP contribution in [0.3, 0.4) is 0 Å². The van der Waals surface area contributed by atoms with Gasteiger partial charge in [0, 0.05) is 18.2 Å². The van der Waals surface area contributed by atoms with E-state index in [4.69, 9.17) is 17.4 Å². The van der Waals surface area contributed by atoms with Crippen molar-refractivity contribution < 1.29 is 14.1 Å². The number of nitrogen functional groups attached to an aromatic ring is 1. The van der Waals surface area contributed by atoms with E-state index in [-0.39, 0.29) is 29.2 Å². The molecule has 1 rings (SSSR count). The van der Waals surface area contributed by atoms with Crippen molar-refractivity contribution in [3.05, 3.63) is 32.8 Å². The first-order valence-corrected chi connectivity index (χ1v) is 5.67. The first-order valence-electron chi connectivity index (χ1n) is 5.30. The third-order valence-electron chi connectivity index (χ3n) is 2.27. The van der Waals surface area contributed by atoms with Crippen LogP contribution in [0.4, 0.5) is 15.8 Å². The molecule has 0 saturated heterocycles. The number of carbonyl (C=O) groups is 1. The molecule has 104 valence electrons. The highest BCUT2D eigenvalue weighted by Crippen LogP contribution is 2.32. The van der Waals surface area contributed by atoms with Gasteiger partial charge in [0.25, 0.3) is 11.6 Å². The molecule has 7 nitrogen and oxygen atoms in total. The van der Waals surface area contributed by atoms with Crippen molar-refractivity contribution >= 4 is 28.9 Å². The Kier molecular flexibility index (Phi) is 5.46. The van der Waals surface area contributed by atoms with Gasteiger partial charge in [-0.05, 0) is 12.5 Å². The Balaban J connectivity index is 3.03. The molecule has 0 aliphatic carbocycles. The van der Waals surface area contributed by atoms with Crippen LogP contribution in [0.15, 0.2) is 12.1 Å². The fourth-order valence-corrected chi connectivity index (χ4v) is 1.65. The minimum atomic E-state index is -0.709. The molecule has 1 aromatic rings. The highest BCUT2D eigenvalue weighted by atomic mass is 35.5. The average Bonchev–Trinajstić information content (AvgIpc) is 2.37. The summed E-state index contributed by atoms with van der Waals surface area (Å²) in [6, 6.07) is 2.29. The quantitative estimate of drug-likeness (QED) is 0.319. The summed E-state index contributed by atoms with van der Waals surface area (Å²) in [6.45, 7) is -0.422. The Hall–Kier alpha value is -1.93. The monoisotopic (exact) mass is 290 g/mol. The van der Waals surface area contributed by atoms with Gasteiger partial charge in [0.05, 0.1) is 16.6 Å². The zero-order valence-electron chi connectivity index (χ0n) is 9.78. The van der Waals surface area contributed by atoms with E-state index in [1.54, 1.807) is 0 Å². The Labute approximate surface area is 113 Å². The fraction of sp³-hybridized carbons (Fsp3) is 0.300. The number of hydrogen-bond acceptors (Lipinski definition) is 5. The van der Waals surface area contributed by atoms with Crippen molar-refractivity contribution in [2.45, 2.75) is 6.42 Å². The molecule has 0 spiro atoms. The van der Waals surface area contributed by atoms with Crippen LogP contribution < -0.4 is 16.6 Å². The van der Waals surface area contributed by atoms with Crippen molar-refractivity contribution in [3.8, 4) is 0 Å². The lowest BCUT2D eigenvalue weighted by atomic mass is 10.1. The van der Waals surface area contributed by atoms with E-state index < -0.39 is 23.2 Å². The summed E-state index contributed by atoms with van der Waals surface area (Å²) < 4.78 is 11.9. The number of nitrogens with one attached hydrogen (secondary N) is 2. The number of nitro groups is 1. The molecule has 0 aliphatic heterocycles. The SMILES string of the molecule is NNc1c(Cl)cc(C(=O)NCCCF)cc1[N+](=O)[O-]. The minimum Gasteiger partial charge on any atom is -0.352 e. The van der Waals surface area contributed by atoms with Gasteiger partial charge >= 0.3 is 0 Å². The van der Waals surface area contributed by atoms with Gasteiger partial charge in [0.15, 0.2) is 0 Å². The van der Waals surface area contributed by atoms with Gasteiger partial charge in [0.1, 0.15) is 5.69 Å². The highest BCUT2D eigenvalue weighted by Gasteiger charge is 2.20. The molecule has 1 amide bonds. The summed E-state index contributed by atoms with van der Waals surface area (Å²) in [6.07, 6.45) is 0.171. The predicted octanol–water partition coefficient (Wildman–Crippen LogP) is 1.62. The summed E-state index contributed by atoms with van der Waals surface area (Å²) in [4.78, 5) is 21.8. The number of halogens is 2. The second-order valence-corrected chi connectivity index (χ2v) is 3.96. The van der Waals surface area contributed by atoms with Gasteiger partial charge in [-0.3, -0.25) is 25.1 Å². The number of benzene rings is 1. The molecule has 0 bridgehead atoms. The summed E-state index contributed by atoms with van der Waals surface area (Å²) in [7, 11) is 0. The van der Waals surface area contributed by atoms with Gasteiger partial charge in [0.2, 0.25) is 0 Å². The van der Waals surface area contributed by atoms with E-state index in [0.29, 0.717) is 0 Å². The third-order valence-corrected chi connectivity index (χ3v) is 2.57. The first-order chi connectivity index (χ1) is 9.01. The number of amides is 1. The van der Waals surface area contributed by atoms with Gasteiger partial charge in [-0.25, -0.2) is 0 Å². The van der Waals surface area contributed by atoms with Crippen molar-refractivity contribution in [3.63, 3.8) is 0 Å². The number of rotatable bonds is 6. The number of carbonyl (C=O) groups excluding carboxylic acids is 1. The summed E-state index contributed by atoms with van der Waals surface area (Å²) in [5.41, 5.74) is 1.63. The molecule has 9 heteroatoms. The van der Waals surface area contributed by atoms with Crippen molar-refractivity contribution in [2.75, 3.05) is 18.6 Å². The highest BCUT2D eigenvalue weighted by molar-refractivity contribution is 6.34.